The van der Waals surface area contributed by atoms with Crippen LogP contribution in [0.4, 0.5) is 14.4 Å². The number of nitrogens with two attached hydrogens (primary N) is 1. The summed E-state index contributed by atoms with van der Waals surface area (Å²) in [5, 5.41) is 24.3. The van der Waals surface area contributed by atoms with Gasteiger partial charge < -0.3 is 72.9 Å². The van der Waals surface area contributed by atoms with Gasteiger partial charge in [-0.25, -0.2) is 28.8 Å². The van der Waals surface area contributed by atoms with Crippen molar-refractivity contribution in [3.05, 3.63) is 244 Å². The molecule has 7 aromatic carbocycles. The minimum atomic E-state index is -0.556. The molecule has 0 radical (unpaired) electrons. The average molecular weight is 1850 g/mol. The van der Waals surface area contributed by atoms with Crippen molar-refractivity contribution in [2.45, 2.75) is 266 Å². The highest BCUT2D eigenvalue weighted by Gasteiger charge is 2.33. The first-order valence-electron chi connectivity index (χ1n) is 45.5. The summed E-state index contributed by atoms with van der Waals surface area (Å²) in [5.74, 6) is 6.27. The van der Waals surface area contributed by atoms with E-state index in [1.807, 2.05) is 185 Å². The summed E-state index contributed by atoms with van der Waals surface area (Å²) in [6.07, 6.45) is 13.8. The van der Waals surface area contributed by atoms with E-state index in [0.29, 0.717) is 70.1 Å². The van der Waals surface area contributed by atoms with Gasteiger partial charge in [0, 0.05) is 39.7 Å². The Morgan fingerprint density at radius 2 is 0.812 bits per heavy atom. The fourth-order valence-electron chi connectivity index (χ4n) is 14.8. The van der Waals surface area contributed by atoms with Crippen LogP contribution in [0.1, 0.15) is 198 Å². The summed E-state index contributed by atoms with van der Waals surface area (Å²) in [6.45, 7) is 24.7. The number of fused-ring (bicyclic) bond motifs is 5. The molecule has 9 aromatic rings. The number of hydrogen-bond donors (Lipinski definition) is 2. The SMILES string of the molecule is C.CCCC(=O)CN(C)C(=O)OC(C)(C)C.CCCc1cc(OCc2ccccc2)n(CC2CCc3ccccc3O2)n1.CN(CC1=NN(CC2CCc3ccccc3O2)C(=O)C1)C(=O)OC(C)(C)C.CN(Cc1cc(OCc2ccccc2)n(CC2CCc3ccccc3O2)n1)C(=O)OC(C)(C)C.Cl.NCCC1CCc2ccccc2O1.O=C=O.OCC1CCc2ccccc2O1. The lowest BCUT2D eigenvalue weighted by Gasteiger charge is -2.28. The Kier molecular flexibility index (Phi) is 43.8. The number of Topliss-reactive ketones (excluding diaryl/α,β-unsaturated/α-hetero) is 1. The van der Waals surface area contributed by atoms with Crippen LogP contribution in [0, 0.1) is 0 Å². The maximum Gasteiger partial charge on any atom is 0.410 e. The molecule has 6 aliphatic heterocycles. The number of hydrogen-bond acceptors (Lipinski definition) is 22. The maximum atomic E-state index is 12.4. The predicted molar refractivity (Wildman–Crippen MR) is 515 cm³/mol. The number of nitrogens with zero attached hydrogens (tertiary/aromatic N) is 9. The number of aromatic nitrogens is 4. The number of amides is 4. The lowest BCUT2D eigenvalue weighted by atomic mass is 10.0. The molecule has 6 aliphatic rings. The average Bonchev–Trinajstić information content (AvgIpc) is 1.76. The van der Waals surface area contributed by atoms with Crippen molar-refractivity contribution in [2.24, 2.45) is 10.8 Å². The van der Waals surface area contributed by atoms with Gasteiger partial charge in [-0.3, -0.25) is 9.59 Å². The van der Waals surface area contributed by atoms with Gasteiger partial charge in [0.05, 0.1) is 69.4 Å². The van der Waals surface area contributed by atoms with Crippen molar-refractivity contribution in [2.75, 3.05) is 53.9 Å². The summed E-state index contributed by atoms with van der Waals surface area (Å²) in [5.41, 5.74) is 14.9. The predicted octanol–water partition coefficient (Wildman–Crippen LogP) is 18.7. The fraction of sp³-hybridized carbons (Fsp3) is 0.471. The van der Waals surface area contributed by atoms with Gasteiger partial charge in [0.1, 0.15) is 89.3 Å². The van der Waals surface area contributed by atoms with Gasteiger partial charge in [0.2, 0.25) is 17.7 Å². The van der Waals surface area contributed by atoms with Crippen molar-refractivity contribution in [1.29, 1.82) is 0 Å². The third kappa shape index (κ3) is 37.0. The molecule has 3 N–H and O–H groups in total. The third-order valence-electron chi connectivity index (χ3n) is 21.2. The van der Waals surface area contributed by atoms with Gasteiger partial charge in [-0.1, -0.05) is 179 Å². The maximum absolute atomic E-state index is 12.4. The number of aliphatic hydroxyl groups is 1. The zero-order valence-corrected chi connectivity index (χ0v) is 80.0. The van der Waals surface area contributed by atoms with Gasteiger partial charge in [-0.15, -0.1) is 12.4 Å². The third-order valence-corrected chi connectivity index (χ3v) is 21.2. The zero-order valence-electron chi connectivity index (χ0n) is 79.1. The summed E-state index contributed by atoms with van der Waals surface area (Å²) in [6, 6.07) is 64.9. The Morgan fingerprint density at radius 1 is 0.474 bits per heavy atom. The molecule has 0 saturated carbocycles. The van der Waals surface area contributed by atoms with Crippen molar-refractivity contribution in [1.82, 2.24) is 39.3 Å². The highest BCUT2D eigenvalue weighted by atomic mass is 35.5. The Morgan fingerprint density at radius 3 is 1.20 bits per heavy atom. The Balaban J connectivity index is 0.000000224. The second-order valence-corrected chi connectivity index (χ2v) is 36.0. The van der Waals surface area contributed by atoms with Crippen LogP contribution in [0.25, 0.3) is 0 Å². The topological polar surface area (TPSA) is 319 Å². The lowest BCUT2D eigenvalue weighted by molar-refractivity contribution is -0.191. The highest BCUT2D eigenvalue weighted by Crippen LogP contribution is 2.34. The summed E-state index contributed by atoms with van der Waals surface area (Å²) < 4.78 is 61.8. The zero-order chi connectivity index (χ0) is 94.5. The smallest absolute Gasteiger partial charge is 0.410 e. The first-order valence-corrected chi connectivity index (χ1v) is 45.5. The molecule has 0 aliphatic carbocycles. The van der Waals surface area contributed by atoms with Crippen LogP contribution < -0.4 is 38.9 Å². The van der Waals surface area contributed by atoms with Crippen LogP contribution >= 0.6 is 12.4 Å². The molecular formula is C104H139ClN10O18. The Labute approximate surface area is 791 Å². The molecule has 5 unspecified atom stereocenters. The number of ether oxygens (including phenoxy) is 10. The number of aliphatic hydroxyl groups excluding tert-OH is 1. The van der Waals surface area contributed by atoms with Crippen molar-refractivity contribution >= 4 is 54.2 Å². The van der Waals surface area contributed by atoms with E-state index in [0.717, 1.165) is 147 Å². The normalized spacial score (nSPS) is 16.2. The summed E-state index contributed by atoms with van der Waals surface area (Å²) in [7, 11) is 4.92. The van der Waals surface area contributed by atoms with E-state index in [2.05, 4.69) is 78.8 Å². The molecule has 28 nitrogen and oxygen atoms in total. The molecular weight excluding hydrogens is 1710 g/mol. The van der Waals surface area contributed by atoms with Crippen LogP contribution in [0.5, 0.6) is 40.5 Å². The number of ketones is 1. The van der Waals surface area contributed by atoms with E-state index >= 15 is 0 Å². The fourth-order valence-corrected chi connectivity index (χ4v) is 14.8. The number of para-hydroxylation sites is 5. The number of benzene rings is 7. The van der Waals surface area contributed by atoms with Crippen molar-refractivity contribution in [3.8, 4) is 40.5 Å². The van der Waals surface area contributed by atoms with E-state index in [4.69, 9.17) is 78.0 Å². The number of likely N-dealkylation sites (N-methyl/N-ethyl adjacent to an activating group) is 1. The van der Waals surface area contributed by atoms with Crippen molar-refractivity contribution in [3.63, 3.8) is 0 Å². The number of carbonyl (C=O) groups is 5. The number of carbonyl (C=O) groups excluding carboxylic acids is 7. The van der Waals surface area contributed by atoms with Gasteiger partial charge in [-0.2, -0.15) is 24.9 Å². The molecule has 8 heterocycles. The minimum Gasteiger partial charge on any atom is -0.490 e. The Hall–Kier alpha value is -12.2. The number of hydrazone groups is 1. The van der Waals surface area contributed by atoms with E-state index in [1.54, 1.807) is 41.9 Å². The van der Waals surface area contributed by atoms with Crippen molar-refractivity contribution < 1.29 is 86.0 Å². The molecule has 133 heavy (non-hydrogen) atoms. The molecule has 0 spiro atoms. The monoisotopic (exact) mass is 1850 g/mol. The van der Waals surface area contributed by atoms with E-state index < -0.39 is 29.0 Å². The van der Waals surface area contributed by atoms with Crippen LogP contribution in [0.3, 0.4) is 0 Å². The minimum absolute atomic E-state index is 0. The van der Waals surface area contributed by atoms with Crippen LogP contribution in [-0.2, 0) is 105 Å². The molecule has 29 heteroatoms. The molecule has 0 bridgehead atoms. The van der Waals surface area contributed by atoms with Gasteiger partial charge in [0.25, 0.3) is 0 Å². The van der Waals surface area contributed by atoms with E-state index in [1.165, 1.54) is 47.5 Å². The van der Waals surface area contributed by atoms with E-state index in [-0.39, 0.29) is 94.3 Å². The molecule has 0 saturated heterocycles. The molecule has 5 atom stereocenters. The number of rotatable bonds is 25. The first-order chi connectivity index (χ1) is 62.8. The molecule has 720 valence electrons. The van der Waals surface area contributed by atoms with Crippen LogP contribution in [-0.4, -0.2) is 187 Å². The Bertz CT molecular complexity index is 5140. The highest BCUT2D eigenvalue weighted by molar-refractivity contribution is 6.06. The standard InChI is InChI=1S/C27H33N3O4.C23H26N2O2.C20H27N3O4.C11H21NO3.C11H15NO.C10H12O2.CO2.CH4.ClH/c1-27(2,3)34-26(31)29(4)17-22-16-25(32-19-20-10-6-5-7-11-20)30(28-22)18-23-15-14-21-12-8-9-13-24(21)33-23;1-2-8-20-15-23(26-17-18-9-4-3-5-10-18)25(24-20)16-21-14-13-19-11-6-7-12-22(19)27-21;1-20(2,3)27-19(25)22(4)12-15-11-18(24)23(21-15)13-16-10-9-14-7-5-6-8-17(14)26-16;1-6-7-9(13)8-12(5)10(14)15-11(2,3)4;12-8-7-10-6-5-9-3-1-2-4-11(9)13-10;11-7-9-6-5-8-3-1-2-4-10(8)12-9;2-1-3;;/h5-13,16,23H,14-15,17-19H2,1-4H3;3-7,9-12,15,21H,2,8,13-14,16-17H2,1H3;5-8,16H,9-13H2,1-4H3;6-8H2,1-5H3;1-4,10H,5-8,12H2;1-4,9,11H,5-7H2;;1H4;1H. The quantitative estimate of drug-likeness (QED) is 0.0502. The second-order valence-electron chi connectivity index (χ2n) is 36.0. The largest absolute Gasteiger partial charge is 0.490 e. The molecule has 2 aromatic heterocycles. The van der Waals surface area contributed by atoms with Gasteiger partial charge in [-0.05, 0) is 222 Å². The molecule has 15 rings (SSSR count). The van der Waals surface area contributed by atoms with Crippen LogP contribution in [0.15, 0.2) is 199 Å². The molecule has 4 amide bonds. The second kappa shape index (κ2) is 54.1. The van der Waals surface area contributed by atoms with Gasteiger partial charge in [0.15, 0.2) is 5.78 Å². The summed E-state index contributed by atoms with van der Waals surface area (Å²) in [4.78, 5) is 80.0. The lowest BCUT2D eigenvalue weighted by Crippen LogP contribution is -2.37. The number of aryl methyl sites for hydroxylation is 6. The number of halogens is 1. The van der Waals surface area contributed by atoms with Crippen LogP contribution in [0.2, 0.25) is 0 Å². The molecule has 0 fully saturated rings. The van der Waals surface area contributed by atoms with Gasteiger partial charge >= 0.3 is 24.4 Å². The first kappa shape index (κ1) is 108. The van der Waals surface area contributed by atoms with E-state index in [9.17, 15) is 24.0 Å². The summed E-state index contributed by atoms with van der Waals surface area (Å²) >= 11 is 0.